The van der Waals surface area contributed by atoms with Crippen molar-refractivity contribution in [1.82, 2.24) is 19.9 Å². The molecule has 0 amide bonds. The minimum absolute atomic E-state index is 0.0898. The predicted molar refractivity (Wildman–Crippen MR) is 128 cm³/mol. The topological polar surface area (TPSA) is 74.9 Å². The quantitative estimate of drug-likeness (QED) is 0.507. The standard InChI is InChI=1S/C25H31ClN4O3/c1-18-3-5-21(6-4-18)25-27-24(33-28-25)16-30-13-11-29(12-14-30)15-23(31)17-32-19(2)20-7-9-22(26)10-8-20/h3-10,19,23,31H,11-17H2,1-2H3/t19-,23-/m1/s1. The van der Waals surface area contributed by atoms with Crippen molar-refractivity contribution in [3.05, 3.63) is 70.6 Å². The second kappa shape index (κ2) is 11.2. The molecule has 0 saturated carbocycles. The van der Waals surface area contributed by atoms with E-state index in [0.717, 1.165) is 37.3 Å². The van der Waals surface area contributed by atoms with Crippen LogP contribution in [0.3, 0.4) is 0 Å². The van der Waals surface area contributed by atoms with Gasteiger partial charge in [0.1, 0.15) is 0 Å². The van der Waals surface area contributed by atoms with E-state index in [0.29, 0.717) is 36.4 Å². The molecule has 7 nitrogen and oxygen atoms in total. The zero-order chi connectivity index (χ0) is 23.2. The number of rotatable bonds is 9. The average Bonchev–Trinajstić information content (AvgIpc) is 3.28. The summed E-state index contributed by atoms with van der Waals surface area (Å²) in [5, 5.41) is 15.3. The van der Waals surface area contributed by atoms with Crippen molar-refractivity contribution in [2.24, 2.45) is 0 Å². The fourth-order valence-electron chi connectivity index (χ4n) is 3.90. The van der Waals surface area contributed by atoms with Crippen LogP contribution in [-0.4, -0.2) is 70.5 Å². The highest BCUT2D eigenvalue weighted by Gasteiger charge is 2.21. The van der Waals surface area contributed by atoms with E-state index in [2.05, 4.69) is 26.9 Å². The maximum atomic E-state index is 10.4. The van der Waals surface area contributed by atoms with E-state index in [1.54, 1.807) is 0 Å². The molecule has 2 heterocycles. The smallest absolute Gasteiger partial charge is 0.241 e. The Hall–Kier alpha value is -2.29. The summed E-state index contributed by atoms with van der Waals surface area (Å²) in [5.41, 5.74) is 3.21. The lowest BCUT2D eigenvalue weighted by Gasteiger charge is -2.35. The van der Waals surface area contributed by atoms with Gasteiger partial charge in [0, 0.05) is 43.3 Å². The van der Waals surface area contributed by atoms with Crippen LogP contribution in [0, 0.1) is 6.92 Å². The Kier molecular flexibility index (Phi) is 8.11. The first-order valence-corrected chi connectivity index (χ1v) is 11.7. The van der Waals surface area contributed by atoms with Gasteiger partial charge in [0.25, 0.3) is 0 Å². The molecule has 8 heteroatoms. The number of piperazine rings is 1. The molecule has 0 bridgehead atoms. The number of β-amino-alcohol motifs (C(OH)–C–C–N with tert-alkyl or cyclic N) is 1. The molecule has 1 saturated heterocycles. The molecule has 0 aliphatic carbocycles. The maximum absolute atomic E-state index is 10.4. The van der Waals surface area contributed by atoms with Crippen molar-refractivity contribution in [2.45, 2.75) is 32.6 Å². The molecule has 4 rings (SSSR count). The lowest BCUT2D eigenvalue weighted by atomic mass is 10.1. The fourth-order valence-corrected chi connectivity index (χ4v) is 4.02. The van der Waals surface area contributed by atoms with Gasteiger partial charge in [-0.15, -0.1) is 0 Å². The Bertz CT molecular complexity index is 1000. The zero-order valence-corrected chi connectivity index (χ0v) is 19.9. The van der Waals surface area contributed by atoms with Crippen molar-refractivity contribution in [3.63, 3.8) is 0 Å². The third kappa shape index (κ3) is 6.85. The molecule has 0 spiro atoms. The summed E-state index contributed by atoms with van der Waals surface area (Å²) in [6.45, 7) is 9.10. The molecule has 0 radical (unpaired) electrons. The van der Waals surface area contributed by atoms with Crippen LogP contribution in [0.1, 0.15) is 30.0 Å². The second-order valence-electron chi connectivity index (χ2n) is 8.64. The van der Waals surface area contributed by atoms with E-state index >= 15 is 0 Å². The molecule has 176 valence electrons. The zero-order valence-electron chi connectivity index (χ0n) is 19.2. The lowest BCUT2D eigenvalue weighted by molar-refractivity contribution is -0.0216. The van der Waals surface area contributed by atoms with Gasteiger partial charge in [0.2, 0.25) is 11.7 Å². The van der Waals surface area contributed by atoms with Crippen molar-refractivity contribution in [1.29, 1.82) is 0 Å². The molecule has 1 fully saturated rings. The number of hydrogen-bond acceptors (Lipinski definition) is 7. The Labute approximate surface area is 199 Å². The summed E-state index contributed by atoms with van der Waals surface area (Å²) in [6, 6.07) is 15.7. The highest BCUT2D eigenvalue weighted by Crippen LogP contribution is 2.20. The monoisotopic (exact) mass is 470 g/mol. The summed E-state index contributed by atoms with van der Waals surface area (Å²) < 4.78 is 11.3. The molecule has 0 unspecified atom stereocenters. The summed E-state index contributed by atoms with van der Waals surface area (Å²) in [7, 11) is 0. The summed E-state index contributed by atoms with van der Waals surface area (Å²) >= 11 is 5.94. The third-order valence-corrected chi connectivity index (χ3v) is 6.20. The Morgan fingerprint density at radius 1 is 1.03 bits per heavy atom. The van der Waals surface area contributed by atoms with Gasteiger partial charge in [0.05, 0.1) is 25.4 Å². The molecule has 2 atom stereocenters. The van der Waals surface area contributed by atoms with Gasteiger partial charge < -0.3 is 14.4 Å². The van der Waals surface area contributed by atoms with Crippen molar-refractivity contribution in [3.8, 4) is 11.4 Å². The minimum atomic E-state index is -0.528. The first-order valence-electron chi connectivity index (χ1n) is 11.4. The third-order valence-electron chi connectivity index (χ3n) is 5.95. The van der Waals surface area contributed by atoms with E-state index in [-0.39, 0.29) is 6.10 Å². The fraction of sp³-hybridized carbons (Fsp3) is 0.440. The molecule has 2 aromatic carbocycles. The molecule has 1 aromatic heterocycles. The number of nitrogens with zero attached hydrogens (tertiary/aromatic N) is 4. The molecule has 1 aliphatic heterocycles. The van der Waals surface area contributed by atoms with Crippen molar-refractivity contribution < 1.29 is 14.4 Å². The van der Waals surface area contributed by atoms with Gasteiger partial charge >= 0.3 is 0 Å². The Morgan fingerprint density at radius 3 is 2.39 bits per heavy atom. The van der Waals surface area contributed by atoms with Gasteiger partial charge in [-0.1, -0.05) is 58.7 Å². The summed E-state index contributed by atoms with van der Waals surface area (Å²) in [6.07, 6.45) is -0.618. The summed E-state index contributed by atoms with van der Waals surface area (Å²) in [5.74, 6) is 1.25. The van der Waals surface area contributed by atoms with Crippen LogP contribution in [0.5, 0.6) is 0 Å². The number of aromatic nitrogens is 2. The van der Waals surface area contributed by atoms with Gasteiger partial charge in [-0.25, -0.2) is 0 Å². The molecular weight excluding hydrogens is 440 g/mol. The van der Waals surface area contributed by atoms with E-state index in [4.69, 9.17) is 20.9 Å². The first-order chi connectivity index (χ1) is 16.0. The van der Waals surface area contributed by atoms with E-state index < -0.39 is 6.10 Å². The van der Waals surface area contributed by atoms with Crippen molar-refractivity contribution in [2.75, 3.05) is 39.3 Å². The molecule has 1 N–H and O–H groups in total. The van der Waals surface area contributed by atoms with Gasteiger partial charge in [-0.3, -0.25) is 9.80 Å². The minimum Gasteiger partial charge on any atom is -0.389 e. The van der Waals surface area contributed by atoms with E-state index in [9.17, 15) is 5.11 Å². The normalized spacial score (nSPS) is 17.2. The van der Waals surface area contributed by atoms with Gasteiger partial charge in [-0.05, 0) is 31.5 Å². The van der Waals surface area contributed by atoms with Crippen LogP contribution in [0.2, 0.25) is 5.02 Å². The number of hydrogen-bond donors (Lipinski definition) is 1. The number of halogens is 1. The molecular formula is C25H31ClN4O3. The van der Waals surface area contributed by atoms with Crippen LogP contribution < -0.4 is 0 Å². The summed E-state index contributed by atoms with van der Waals surface area (Å²) in [4.78, 5) is 9.11. The van der Waals surface area contributed by atoms with Crippen LogP contribution in [0.15, 0.2) is 53.1 Å². The highest BCUT2D eigenvalue weighted by atomic mass is 35.5. The predicted octanol–water partition coefficient (Wildman–Crippen LogP) is 3.95. The maximum Gasteiger partial charge on any atom is 0.241 e. The average molecular weight is 471 g/mol. The van der Waals surface area contributed by atoms with Crippen LogP contribution in [0.4, 0.5) is 0 Å². The van der Waals surface area contributed by atoms with Crippen LogP contribution in [-0.2, 0) is 11.3 Å². The van der Waals surface area contributed by atoms with Gasteiger partial charge in [-0.2, -0.15) is 4.98 Å². The SMILES string of the molecule is Cc1ccc(-c2noc(CN3CCN(C[C@@H](O)CO[C@H](C)c4ccc(Cl)cc4)CC3)n2)cc1. The molecule has 3 aromatic rings. The lowest BCUT2D eigenvalue weighted by Crippen LogP contribution is -2.48. The van der Waals surface area contributed by atoms with Crippen LogP contribution >= 0.6 is 11.6 Å². The highest BCUT2D eigenvalue weighted by molar-refractivity contribution is 6.30. The van der Waals surface area contributed by atoms with Crippen molar-refractivity contribution >= 4 is 11.6 Å². The van der Waals surface area contributed by atoms with E-state index in [1.165, 1.54) is 5.56 Å². The molecule has 33 heavy (non-hydrogen) atoms. The number of aryl methyl sites for hydroxylation is 1. The Morgan fingerprint density at radius 2 is 1.70 bits per heavy atom. The Balaban J connectivity index is 1.17. The van der Waals surface area contributed by atoms with Crippen LogP contribution in [0.25, 0.3) is 11.4 Å². The number of benzene rings is 2. The molecule has 1 aliphatic rings. The second-order valence-corrected chi connectivity index (χ2v) is 9.07. The van der Waals surface area contributed by atoms with E-state index in [1.807, 2.05) is 55.5 Å². The number of ether oxygens (including phenoxy) is 1. The number of aliphatic hydroxyl groups excluding tert-OH is 1. The van der Waals surface area contributed by atoms with Gasteiger partial charge in [0.15, 0.2) is 0 Å². The largest absolute Gasteiger partial charge is 0.389 e. The first kappa shape index (κ1) is 23.9. The number of aliphatic hydroxyl groups is 1.